The van der Waals surface area contributed by atoms with E-state index in [9.17, 15) is 9.59 Å². The van der Waals surface area contributed by atoms with Crippen LogP contribution in [0, 0.1) is 5.92 Å². The predicted molar refractivity (Wildman–Crippen MR) is 114 cm³/mol. The van der Waals surface area contributed by atoms with Crippen LogP contribution in [0.1, 0.15) is 82.3 Å². The van der Waals surface area contributed by atoms with Crippen molar-refractivity contribution in [1.82, 2.24) is 0 Å². The van der Waals surface area contributed by atoms with E-state index in [1.54, 1.807) is 0 Å². The number of fused-ring (bicyclic) bond motifs is 1. The van der Waals surface area contributed by atoms with Crippen LogP contribution in [-0.2, 0) is 20.7 Å². The molecule has 1 heterocycles. The van der Waals surface area contributed by atoms with Gasteiger partial charge in [0.2, 0.25) is 0 Å². The molecule has 0 N–H and O–H groups in total. The summed E-state index contributed by atoms with van der Waals surface area (Å²) in [6, 6.07) is 8.37. The highest BCUT2D eigenvalue weighted by molar-refractivity contribution is 6.11. The average Bonchev–Trinajstić information content (AvgIpc) is 2.73. The Morgan fingerprint density at radius 3 is 2.45 bits per heavy atom. The molecule has 2 saturated carbocycles. The fraction of sp³-hybridized carbons (Fsp3) is 0.560. The molecule has 1 aliphatic heterocycles. The van der Waals surface area contributed by atoms with Crippen molar-refractivity contribution in [2.24, 2.45) is 10.9 Å². The van der Waals surface area contributed by atoms with Crippen LogP contribution in [0.2, 0.25) is 0 Å². The zero-order valence-corrected chi connectivity index (χ0v) is 17.6. The molecule has 0 saturated heterocycles. The van der Waals surface area contributed by atoms with Crippen LogP contribution in [0.15, 0.2) is 40.5 Å². The summed E-state index contributed by atoms with van der Waals surface area (Å²) in [5, 5.41) is 0. The van der Waals surface area contributed by atoms with Crippen molar-refractivity contribution in [3.8, 4) is 0 Å². The summed E-state index contributed by atoms with van der Waals surface area (Å²) in [6.07, 6.45) is 8.52. The fourth-order valence-corrected chi connectivity index (χ4v) is 5.10. The lowest BCUT2D eigenvalue weighted by atomic mass is 9.69. The molecule has 2 aliphatic carbocycles. The van der Waals surface area contributed by atoms with Gasteiger partial charge in [-0.1, -0.05) is 37.6 Å². The number of allylic oxidation sites excluding steroid dienone is 1. The largest absolute Gasteiger partial charge is 0.459 e. The third kappa shape index (κ3) is 4.08. The van der Waals surface area contributed by atoms with E-state index in [4.69, 9.17) is 9.73 Å². The maximum Gasteiger partial charge on any atom is 0.336 e. The average molecular weight is 394 g/mol. The minimum Gasteiger partial charge on any atom is -0.459 e. The second kappa shape index (κ2) is 8.64. The topological polar surface area (TPSA) is 55.7 Å². The van der Waals surface area contributed by atoms with E-state index in [0.29, 0.717) is 12.0 Å². The number of esters is 1. The summed E-state index contributed by atoms with van der Waals surface area (Å²) in [7, 11) is 0. The molecule has 0 bridgehead atoms. The van der Waals surface area contributed by atoms with Gasteiger partial charge < -0.3 is 4.74 Å². The minimum atomic E-state index is -0.325. The number of hydrogen-bond donors (Lipinski definition) is 0. The van der Waals surface area contributed by atoms with Gasteiger partial charge in [0.1, 0.15) is 11.9 Å². The fourth-order valence-electron chi connectivity index (χ4n) is 5.10. The molecule has 4 heteroatoms. The molecule has 0 radical (unpaired) electrons. The number of aryl methyl sites for hydroxylation is 1. The molecule has 2 atom stereocenters. The second-order valence-electron chi connectivity index (χ2n) is 8.64. The summed E-state index contributed by atoms with van der Waals surface area (Å²) >= 11 is 0. The van der Waals surface area contributed by atoms with Gasteiger partial charge in [-0.25, -0.2) is 4.79 Å². The molecule has 0 spiro atoms. The van der Waals surface area contributed by atoms with Crippen LogP contribution in [-0.4, -0.2) is 23.6 Å². The maximum atomic E-state index is 13.3. The minimum absolute atomic E-state index is 0.00731. The molecule has 1 aromatic rings. The Morgan fingerprint density at radius 1 is 1.03 bits per heavy atom. The van der Waals surface area contributed by atoms with Crippen LogP contribution >= 0.6 is 0 Å². The van der Waals surface area contributed by atoms with Crippen molar-refractivity contribution < 1.29 is 14.3 Å². The van der Waals surface area contributed by atoms with Gasteiger partial charge in [0.25, 0.3) is 0 Å². The maximum absolute atomic E-state index is 13.3. The van der Waals surface area contributed by atoms with Crippen LogP contribution in [0.3, 0.4) is 0 Å². The molecule has 4 nitrogen and oxygen atoms in total. The quantitative estimate of drug-likeness (QED) is 0.652. The highest BCUT2D eigenvalue weighted by atomic mass is 16.5. The molecule has 1 aromatic carbocycles. The van der Waals surface area contributed by atoms with Crippen molar-refractivity contribution in [2.75, 3.05) is 0 Å². The van der Waals surface area contributed by atoms with E-state index in [1.165, 1.54) is 12.0 Å². The smallest absolute Gasteiger partial charge is 0.336 e. The number of nitrogens with zero attached hydrogens (tertiary/aromatic N) is 1. The third-order valence-electron chi connectivity index (χ3n) is 6.70. The van der Waals surface area contributed by atoms with Gasteiger partial charge in [-0.05, 0) is 63.0 Å². The van der Waals surface area contributed by atoms with E-state index in [0.717, 1.165) is 61.9 Å². The predicted octanol–water partition coefficient (Wildman–Crippen LogP) is 5.31. The number of hydrogen-bond acceptors (Lipinski definition) is 4. The Morgan fingerprint density at radius 2 is 1.76 bits per heavy atom. The molecule has 0 amide bonds. The van der Waals surface area contributed by atoms with E-state index >= 15 is 0 Å². The first-order valence-corrected chi connectivity index (χ1v) is 11.2. The molecule has 2 fully saturated rings. The van der Waals surface area contributed by atoms with Crippen LogP contribution < -0.4 is 0 Å². The van der Waals surface area contributed by atoms with E-state index in [-0.39, 0.29) is 29.7 Å². The lowest BCUT2D eigenvalue weighted by Gasteiger charge is -2.36. The Bertz CT molecular complexity index is 843. The van der Waals surface area contributed by atoms with E-state index in [2.05, 4.69) is 31.2 Å². The van der Waals surface area contributed by atoms with Gasteiger partial charge in [-0.2, -0.15) is 0 Å². The Labute approximate surface area is 173 Å². The number of benzene rings is 1. The van der Waals surface area contributed by atoms with Crippen molar-refractivity contribution in [1.29, 1.82) is 0 Å². The number of carbonyl (C=O) groups excluding carboxylic acids is 2. The summed E-state index contributed by atoms with van der Waals surface area (Å²) in [5.41, 5.74) is 4.52. The first kappa shape index (κ1) is 20.1. The lowest BCUT2D eigenvalue weighted by Crippen LogP contribution is -2.39. The SMILES string of the molecule is CCc1ccc([C@@H]2C(C(=O)OC3CCCCC3)=C(C)N=C3CCCC(=O)C32)cc1. The highest BCUT2D eigenvalue weighted by Crippen LogP contribution is 2.43. The summed E-state index contributed by atoms with van der Waals surface area (Å²) in [6.45, 7) is 4.02. The first-order chi connectivity index (χ1) is 14.1. The van der Waals surface area contributed by atoms with Crippen molar-refractivity contribution in [3.63, 3.8) is 0 Å². The van der Waals surface area contributed by atoms with Gasteiger partial charge in [0.15, 0.2) is 0 Å². The lowest BCUT2D eigenvalue weighted by molar-refractivity contribution is -0.146. The van der Waals surface area contributed by atoms with Crippen molar-refractivity contribution in [3.05, 3.63) is 46.7 Å². The standard InChI is InChI=1S/C25H31NO3/c1-3-17-12-14-18(15-13-17)23-22(25(28)29-19-8-5-4-6-9-19)16(2)26-20-10-7-11-21(27)24(20)23/h12-15,19,23-24H,3-11H2,1-2H3/t23-,24?/m1/s1. The number of rotatable bonds is 4. The summed E-state index contributed by atoms with van der Waals surface area (Å²) in [4.78, 5) is 31.0. The number of aliphatic imine (C=N–C) groups is 1. The second-order valence-corrected chi connectivity index (χ2v) is 8.64. The van der Waals surface area contributed by atoms with Gasteiger partial charge in [0, 0.05) is 23.7 Å². The van der Waals surface area contributed by atoms with Gasteiger partial charge in [0.05, 0.1) is 11.5 Å². The monoisotopic (exact) mass is 393 g/mol. The summed E-state index contributed by atoms with van der Waals surface area (Å²) in [5.74, 6) is -0.679. The summed E-state index contributed by atoms with van der Waals surface area (Å²) < 4.78 is 5.94. The molecule has 3 aliphatic rings. The van der Waals surface area contributed by atoms with Gasteiger partial charge in [-0.15, -0.1) is 0 Å². The third-order valence-corrected chi connectivity index (χ3v) is 6.70. The van der Waals surface area contributed by atoms with Gasteiger partial charge in [-0.3, -0.25) is 9.79 Å². The Kier molecular flexibility index (Phi) is 5.98. The van der Waals surface area contributed by atoms with E-state index < -0.39 is 0 Å². The Hall–Kier alpha value is -2.23. The zero-order chi connectivity index (χ0) is 20.4. The Balaban J connectivity index is 1.72. The van der Waals surface area contributed by atoms with Crippen LogP contribution in [0.5, 0.6) is 0 Å². The molecular weight excluding hydrogens is 362 g/mol. The van der Waals surface area contributed by atoms with E-state index in [1.807, 2.05) is 6.92 Å². The van der Waals surface area contributed by atoms with Crippen molar-refractivity contribution >= 4 is 17.5 Å². The molecule has 0 aromatic heterocycles. The number of ether oxygens (including phenoxy) is 1. The first-order valence-electron chi connectivity index (χ1n) is 11.2. The molecule has 154 valence electrons. The van der Waals surface area contributed by atoms with Crippen LogP contribution in [0.4, 0.5) is 0 Å². The number of ketones is 1. The zero-order valence-electron chi connectivity index (χ0n) is 17.6. The molecule has 29 heavy (non-hydrogen) atoms. The van der Waals surface area contributed by atoms with Gasteiger partial charge >= 0.3 is 5.97 Å². The van der Waals surface area contributed by atoms with Crippen LogP contribution in [0.25, 0.3) is 0 Å². The number of Topliss-reactive ketones (excluding diaryl/α,β-unsaturated/α-hetero) is 1. The molecule has 1 unspecified atom stereocenters. The molecule has 4 rings (SSSR count). The molecular formula is C25H31NO3. The normalized spacial score (nSPS) is 25.4. The van der Waals surface area contributed by atoms with Crippen molar-refractivity contribution in [2.45, 2.75) is 83.7 Å². The number of carbonyl (C=O) groups is 2. The highest BCUT2D eigenvalue weighted by Gasteiger charge is 2.44.